The zero-order valence-corrected chi connectivity index (χ0v) is 72.1. The number of allylic oxidation sites excluding steroid dienone is 2. The summed E-state index contributed by atoms with van der Waals surface area (Å²) in [4.78, 5) is 103. The summed E-state index contributed by atoms with van der Waals surface area (Å²) in [6.45, 7) is 36.5. The number of amides is 5. The smallest absolute Gasteiger partial charge is 0.410 e. The number of piperazine rings is 3. The topological polar surface area (TPSA) is 254 Å². The Morgan fingerprint density at radius 1 is 0.386 bits per heavy atom. The van der Waals surface area contributed by atoms with E-state index in [1.165, 1.54) is 119 Å². The molecule has 0 radical (unpaired) electrons. The summed E-state index contributed by atoms with van der Waals surface area (Å²) < 4.78 is 16.4. The fraction of sp³-hybridized carbons (Fsp3) is 0.789. The van der Waals surface area contributed by atoms with Gasteiger partial charge in [-0.2, -0.15) is 0 Å². The Labute approximate surface area is 684 Å². The van der Waals surface area contributed by atoms with Crippen molar-refractivity contribution < 1.29 is 48.0 Å². The molecule has 6 saturated heterocycles. The molecule has 5 amide bonds. The van der Waals surface area contributed by atoms with Crippen molar-refractivity contribution in [3.63, 3.8) is 0 Å². The van der Waals surface area contributed by atoms with E-state index in [1.807, 2.05) is 72.1 Å². The van der Waals surface area contributed by atoms with E-state index in [0.29, 0.717) is 124 Å². The molecular formula is C90H148N12O12. The lowest BCUT2D eigenvalue weighted by Crippen LogP contribution is -2.57. The van der Waals surface area contributed by atoms with Crippen molar-refractivity contribution in [3.8, 4) is 0 Å². The molecule has 5 aliphatic carbocycles. The van der Waals surface area contributed by atoms with Gasteiger partial charge in [0.25, 0.3) is 0 Å². The lowest BCUT2D eigenvalue weighted by atomic mass is 9.80. The minimum atomic E-state index is -0.492. The highest BCUT2D eigenvalue weighted by Crippen LogP contribution is 2.38. The molecule has 2 aromatic carbocycles. The van der Waals surface area contributed by atoms with E-state index in [2.05, 4.69) is 91.8 Å². The molecule has 13 rings (SSSR count). The molecule has 10 fully saturated rings. The maximum absolute atomic E-state index is 13.3. The molecular weight excluding hydrogens is 1440 g/mol. The molecule has 24 heteroatoms. The SMILES string of the molecule is CC(C)(C)OC(=O)N1CCN([C@H]2CCCC[C@@H]2N)CC1.CC(C)(C)OC(=O)N1CCN([C@H]2CCCC[C@@H]2[N+](=O)[O-])CC1.Cc1ccc(C2CCN(C(=O)CC3CCCCC3N3CCCCC3)CC2)cc1.Cc1ccc(C2CCN(C(=O)CC3CCCCC3N3CCN(C(=O)OC(C)(C)C)CC3)CC2)cc1.O=[N+]([O-])C1=CCCCC1. The minimum Gasteiger partial charge on any atom is -0.444 e. The molecule has 6 heterocycles. The molecule has 0 aromatic heterocycles. The number of benzene rings is 2. The Balaban J connectivity index is 0.000000171. The maximum atomic E-state index is 13.3. The molecule has 8 atom stereocenters. The highest BCUT2D eigenvalue weighted by atomic mass is 16.6. The molecule has 4 saturated carbocycles. The first-order valence-electron chi connectivity index (χ1n) is 44.7. The van der Waals surface area contributed by atoms with Crippen LogP contribution in [0, 0.1) is 45.9 Å². The number of rotatable bonds is 12. The first-order chi connectivity index (χ1) is 54.3. The van der Waals surface area contributed by atoms with Crippen molar-refractivity contribution in [3.05, 3.63) is 103 Å². The summed E-state index contributed by atoms with van der Waals surface area (Å²) in [7, 11) is 0. The Hall–Kier alpha value is -6.47. The van der Waals surface area contributed by atoms with E-state index in [-0.39, 0.29) is 34.2 Å². The number of nitro groups is 2. The van der Waals surface area contributed by atoms with Gasteiger partial charge in [0.2, 0.25) is 23.6 Å². The summed E-state index contributed by atoms with van der Waals surface area (Å²) in [5.74, 6) is 2.99. The number of carbonyl (C=O) groups excluding carboxylic acids is 5. The maximum Gasteiger partial charge on any atom is 0.410 e. The van der Waals surface area contributed by atoms with Crippen LogP contribution >= 0.6 is 0 Å². The van der Waals surface area contributed by atoms with Crippen LogP contribution in [0.1, 0.15) is 283 Å². The highest BCUT2D eigenvalue weighted by Gasteiger charge is 2.42. The third kappa shape index (κ3) is 29.3. The Morgan fingerprint density at radius 3 is 1.08 bits per heavy atom. The zero-order chi connectivity index (χ0) is 82.1. The second-order valence-corrected chi connectivity index (χ2v) is 37.8. The molecule has 0 bridgehead atoms. The largest absolute Gasteiger partial charge is 0.444 e. The number of nitrogens with zero attached hydrogens (tertiary/aromatic N) is 11. The molecule has 640 valence electrons. The third-order valence-electron chi connectivity index (χ3n) is 25.8. The molecule has 114 heavy (non-hydrogen) atoms. The Bertz CT molecular complexity index is 3330. The zero-order valence-electron chi connectivity index (χ0n) is 72.1. The molecule has 2 aromatic rings. The fourth-order valence-corrected chi connectivity index (χ4v) is 19.4. The second-order valence-electron chi connectivity index (χ2n) is 37.8. The summed E-state index contributed by atoms with van der Waals surface area (Å²) in [5, 5.41) is 21.3. The normalized spacial score (nSPS) is 26.4. The lowest BCUT2D eigenvalue weighted by molar-refractivity contribution is -0.534. The van der Waals surface area contributed by atoms with Gasteiger partial charge in [-0.25, -0.2) is 14.4 Å². The van der Waals surface area contributed by atoms with Crippen molar-refractivity contribution in [2.75, 3.05) is 118 Å². The number of piperidine rings is 3. The van der Waals surface area contributed by atoms with E-state index in [1.54, 1.807) is 11.0 Å². The number of ether oxygens (including phenoxy) is 3. The van der Waals surface area contributed by atoms with E-state index >= 15 is 0 Å². The van der Waals surface area contributed by atoms with Gasteiger partial charge in [0.05, 0.1) is 11.0 Å². The Morgan fingerprint density at radius 2 is 0.728 bits per heavy atom. The van der Waals surface area contributed by atoms with Crippen molar-refractivity contribution in [2.45, 2.75) is 327 Å². The fourth-order valence-electron chi connectivity index (χ4n) is 19.4. The van der Waals surface area contributed by atoms with Crippen LogP contribution in [0.15, 0.2) is 60.3 Å². The first kappa shape index (κ1) is 91.4. The summed E-state index contributed by atoms with van der Waals surface area (Å²) >= 11 is 0. The average molecular weight is 1590 g/mol. The predicted molar refractivity (Wildman–Crippen MR) is 451 cm³/mol. The molecule has 24 nitrogen and oxygen atoms in total. The van der Waals surface area contributed by atoms with Gasteiger partial charge >= 0.3 is 18.3 Å². The quantitative estimate of drug-likeness (QED) is 0.118. The van der Waals surface area contributed by atoms with Crippen LogP contribution in [0.3, 0.4) is 0 Å². The van der Waals surface area contributed by atoms with Crippen LogP contribution in [0.5, 0.6) is 0 Å². The summed E-state index contributed by atoms with van der Waals surface area (Å²) in [6.07, 6.45) is 33.0. The van der Waals surface area contributed by atoms with Crippen LogP contribution in [-0.4, -0.2) is 255 Å². The van der Waals surface area contributed by atoms with Crippen molar-refractivity contribution in [1.29, 1.82) is 0 Å². The van der Waals surface area contributed by atoms with Crippen LogP contribution in [0.4, 0.5) is 14.4 Å². The minimum absolute atomic E-state index is 0.0181. The first-order valence-corrected chi connectivity index (χ1v) is 44.7. The van der Waals surface area contributed by atoms with Crippen molar-refractivity contribution >= 4 is 30.1 Å². The third-order valence-corrected chi connectivity index (χ3v) is 25.8. The summed E-state index contributed by atoms with van der Waals surface area (Å²) in [6, 6.07) is 19.4. The van der Waals surface area contributed by atoms with Crippen molar-refractivity contribution in [1.82, 2.24) is 44.1 Å². The number of likely N-dealkylation sites (tertiary alicyclic amines) is 3. The van der Waals surface area contributed by atoms with Gasteiger partial charge in [0.1, 0.15) is 16.8 Å². The number of nitrogens with two attached hydrogens (primary N) is 1. The highest BCUT2D eigenvalue weighted by molar-refractivity contribution is 5.77. The monoisotopic (exact) mass is 1590 g/mol. The number of aryl methyl sites for hydroxylation is 2. The van der Waals surface area contributed by atoms with Gasteiger partial charge < -0.3 is 49.3 Å². The standard InChI is InChI=1S/C29H45N3O3.C25H38N2O.C15H27N3O4.C15H29N3O2.C6H9NO2/c1-22-9-11-23(12-10-22)24-13-15-31(16-14-24)27(33)21-25-7-5-6-8-26(25)30-17-19-32(20-18-30)28(34)35-29(2,3)4;1-20-9-11-21(12-10-20)22-13-17-27(18-14-22)25(28)19-23-7-3-4-8-24(23)26-15-5-2-6-16-26;1-15(2,3)22-14(19)17-10-8-16(9-11-17)12-6-4-5-7-13(12)18(20)21;1-15(2,3)20-14(19)18-10-8-17(9-11-18)13-7-5-4-6-12(13)16;8-7(9)6-4-2-1-3-5-6/h9-12,24-26H,5-8,13-21H2,1-4H3;9-12,22-24H,2-8,13-19H2,1H3;12-13H,4-11H2,1-3H3;12-13H,4-11,16H2,1-3H3;4H,1-3,5H2/t;;2*12-,13-;/m..00./s1. The van der Waals surface area contributed by atoms with E-state index in [4.69, 9.17) is 19.9 Å². The number of hydrogen-bond acceptors (Lipinski definition) is 17. The van der Waals surface area contributed by atoms with E-state index < -0.39 is 22.8 Å². The van der Waals surface area contributed by atoms with Crippen molar-refractivity contribution in [2.24, 2.45) is 17.6 Å². The molecule has 11 aliphatic rings. The van der Waals surface area contributed by atoms with Gasteiger partial charge in [-0.15, -0.1) is 0 Å². The second kappa shape index (κ2) is 44.4. The molecule has 6 aliphatic heterocycles. The van der Waals surface area contributed by atoms with Gasteiger partial charge in [-0.1, -0.05) is 111 Å². The lowest BCUT2D eigenvalue weighted by Gasteiger charge is -2.44. The predicted octanol–water partition coefficient (Wildman–Crippen LogP) is 16.0. The van der Waals surface area contributed by atoms with Gasteiger partial charge in [-0.05, 0) is 239 Å². The van der Waals surface area contributed by atoms with Crippen LogP contribution in [0.2, 0.25) is 0 Å². The van der Waals surface area contributed by atoms with Gasteiger partial charge in [0.15, 0.2) is 0 Å². The van der Waals surface area contributed by atoms with Crippen LogP contribution in [0.25, 0.3) is 0 Å². The van der Waals surface area contributed by atoms with E-state index in [9.17, 15) is 44.2 Å². The number of carbonyl (C=O) groups is 5. The molecule has 0 spiro atoms. The molecule has 2 N–H and O–H groups in total. The van der Waals surface area contributed by atoms with Gasteiger partial charge in [0, 0.05) is 159 Å². The van der Waals surface area contributed by atoms with Crippen LogP contribution < -0.4 is 5.73 Å². The number of hydrogen-bond donors (Lipinski definition) is 1. The average Bonchev–Trinajstić information content (AvgIpc) is 0.823. The summed E-state index contributed by atoms with van der Waals surface area (Å²) in [5.41, 5.74) is 10.8. The van der Waals surface area contributed by atoms with Crippen LogP contribution in [-0.2, 0) is 23.8 Å². The Kier molecular flexibility index (Phi) is 35.6. The van der Waals surface area contributed by atoms with E-state index in [0.717, 1.165) is 149 Å². The van der Waals surface area contributed by atoms with Gasteiger partial charge in [-0.3, -0.25) is 44.5 Å². The molecule has 4 unspecified atom stereocenters.